The summed E-state index contributed by atoms with van der Waals surface area (Å²) in [6.45, 7) is 4.26. The fourth-order valence-electron chi connectivity index (χ4n) is 2.41. The van der Waals surface area contributed by atoms with E-state index in [0.717, 1.165) is 22.5 Å². The molecule has 2 heterocycles. The zero-order valence-corrected chi connectivity index (χ0v) is 12.5. The number of fused-ring (bicyclic) bond motifs is 1. The molecule has 0 saturated carbocycles. The van der Waals surface area contributed by atoms with E-state index in [2.05, 4.69) is 9.97 Å². The molecule has 0 aliphatic heterocycles. The first kappa shape index (κ1) is 13.7. The molecule has 0 bridgehead atoms. The fraction of sp³-hybridized carbons (Fsp3) is 0.200. The first-order valence-electron chi connectivity index (χ1n) is 6.55. The molecule has 0 amide bonds. The molecule has 0 radical (unpaired) electrons. The number of rotatable bonds is 2. The number of benzene rings is 1. The molecule has 0 unspecified atom stereocenters. The zero-order chi connectivity index (χ0) is 15.1. The van der Waals surface area contributed by atoms with Gasteiger partial charge < -0.3 is 15.3 Å². The summed E-state index contributed by atoms with van der Waals surface area (Å²) in [4.78, 5) is 19.9. The summed E-state index contributed by atoms with van der Waals surface area (Å²) in [5.74, 6) is 0. The maximum Gasteiger partial charge on any atom is 0.259 e. The maximum absolute atomic E-state index is 12.7. The van der Waals surface area contributed by atoms with Gasteiger partial charge in [0.15, 0.2) is 0 Å². The Morgan fingerprint density at radius 2 is 2.10 bits per heavy atom. The van der Waals surface area contributed by atoms with Crippen LogP contribution in [0.4, 0.5) is 5.69 Å². The first-order valence-corrected chi connectivity index (χ1v) is 6.93. The van der Waals surface area contributed by atoms with Gasteiger partial charge in [-0.15, -0.1) is 0 Å². The van der Waals surface area contributed by atoms with Crippen LogP contribution in [0.25, 0.3) is 10.8 Å². The van der Waals surface area contributed by atoms with E-state index >= 15 is 0 Å². The topological polar surface area (TPSA) is 76.7 Å². The van der Waals surface area contributed by atoms with Crippen molar-refractivity contribution in [2.75, 3.05) is 5.73 Å². The second-order valence-corrected chi connectivity index (χ2v) is 5.52. The van der Waals surface area contributed by atoms with Gasteiger partial charge in [-0.1, -0.05) is 11.6 Å². The van der Waals surface area contributed by atoms with Gasteiger partial charge in [-0.2, -0.15) is 0 Å². The van der Waals surface area contributed by atoms with E-state index < -0.39 is 0 Å². The third kappa shape index (κ3) is 2.29. The van der Waals surface area contributed by atoms with Crippen LogP contribution < -0.4 is 11.3 Å². The summed E-state index contributed by atoms with van der Waals surface area (Å²) in [7, 11) is 0. The minimum absolute atomic E-state index is 0.0886. The van der Waals surface area contributed by atoms with E-state index in [-0.39, 0.29) is 5.56 Å². The lowest BCUT2D eigenvalue weighted by Crippen LogP contribution is -2.23. The maximum atomic E-state index is 12.7. The molecule has 2 aromatic heterocycles. The van der Waals surface area contributed by atoms with Gasteiger partial charge in [0.25, 0.3) is 5.56 Å². The first-order chi connectivity index (χ1) is 9.97. The minimum Gasteiger partial charge on any atom is -0.398 e. The molecule has 3 aromatic rings. The van der Waals surface area contributed by atoms with Crippen molar-refractivity contribution in [3.05, 3.63) is 57.0 Å². The van der Waals surface area contributed by atoms with E-state index in [9.17, 15) is 4.79 Å². The van der Waals surface area contributed by atoms with Crippen molar-refractivity contribution in [3.8, 4) is 0 Å². The number of hydrogen-bond donors (Lipinski definition) is 2. The van der Waals surface area contributed by atoms with Gasteiger partial charge in [0.2, 0.25) is 0 Å². The van der Waals surface area contributed by atoms with Crippen LogP contribution >= 0.6 is 11.6 Å². The number of nitrogens with two attached hydrogens (primary N) is 1. The van der Waals surface area contributed by atoms with E-state index in [0.29, 0.717) is 22.6 Å². The molecule has 3 N–H and O–H groups in total. The number of nitrogens with zero attached hydrogens (tertiary/aromatic N) is 2. The SMILES string of the molecule is Cc1[nH]cnc1Cn1c(C)cc2cc(N)c(Cl)cc2c1=O. The molecule has 0 atom stereocenters. The largest absolute Gasteiger partial charge is 0.398 e. The van der Waals surface area contributed by atoms with Gasteiger partial charge in [0.1, 0.15) is 0 Å². The van der Waals surface area contributed by atoms with Gasteiger partial charge >= 0.3 is 0 Å². The van der Waals surface area contributed by atoms with E-state index in [1.54, 1.807) is 23.0 Å². The number of aryl methyl sites for hydroxylation is 2. The molecule has 0 aliphatic carbocycles. The Morgan fingerprint density at radius 1 is 1.33 bits per heavy atom. The molecule has 0 spiro atoms. The Kier molecular flexibility index (Phi) is 3.22. The van der Waals surface area contributed by atoms with Crippen molar-refractivity contribution in [1.82, 2.24) is 14.5 Å². The average Bonchev–Trinajstić information content (AvgIpc) is 2.83. The lowest BCUT2D eigenvalue weighted by Gasteiger charge is -2.12. The highest BCUT2D eigenvalue weighted by Gasteiger charge is 2.11. The van der Waals surface area contributed by atoms with Crippen molar-refractivity contribution in [2.24, 2.45) is 0 Å². The number of halogens is 1. The number of pyridine rings is 1. The Hall–Kier alpha value is -2.27. The van der Waals surface area contributed by atoms with Crippen LogP contribution in [0.5, 0.6) is 0 Å². The molecule has 3 rings (SSSR count). The quantitative estimate of drug-likeness (QED) is 0.714. The molecule has 21 heavy (non-hydrogen) atoms. The van der Waals surface area contributed by atoms with Crippen LogP contribution in [-0.4, -0.2) is 14.5 Å². The zero-order valence-electron chi connectivity index (χ0n) is 11.8. The summed E-state index contributed by atoms with van der Waals surface area (Å²) in [5.41, 5.74) is 8.85. The number of imidazole rings is 1. The number of aromatic nitrogens is 3. The predicted octanol–water partition coefficient (Wildman–Crippen LogP) is 2.63. The van der Waals surface area contributed by atoms with Crippen molar-refractivity contribution in [3.63, 3.8) is 0 Å². The molecular formula is C15H15ClN4O. The average molecular weight is 303 g/mol. The molecule has 5 nitrogen and oxygen atoms in total. The van der Waals surface area contributed by atoms with Gasteiger partial charge in [0.05, 0.1) is 29.3 Å². The molecule has 0 fully saturated rings. The normalized spacial score (nSPS) is 11.2. The lowest BCUT2D eigenvalue weighted by atomic mass is 10.1. The molecule has 0 saturated heterocycles. The van der Waals surface area contributed by atoms with Crippen molar-refractivity contribution in [1.29, 1.82) is 0 Å². The Balaban J connectivity index is 2.22. The van der Waals surface area contributed by atoms with E-state index in [1.165, 1.54) is 0 Å². The van der Waals surface area contributed by atoms with Crippen LogP contribution in [0.2, 0.25) is 5.02 Å². The number of hydrogen-bond acceptors (Lipinski definition) is 3. The van der Waals surface area contributed by atoms with Crippen LogP contribution in [0, 0.1) is 13.8 Å². The van der Waals surface area contributed by atoms with Crippen LogP contribution in [0.3, 0.4) is 0 Å². The summed E-state index contributed by atoms with van der Waals surface area (Å²) >= 11 is 6.03. The fourth-order valence-corrected chi connectivity index (χ4v) is 2.58. The lowest BCUT2D eigenvalue weighted by molar-refractivity contribution is 0.720. The smallest absolute Gasteiger partial charge is 0.259 e. The third-order valence-electron chi connectivity index (χ3n) is 3.68. The predicted molar refractivity (Wildman–Crippen MR) is 84.8 cm³/mol. The van der Waals surface area contributed by atoms with Crippen molar-refractivity contribution in [2.45, 2.75) is 20.4 Å². The standard InChI is InChI=1S/C15H15ClN4O/c1-8-3-10-4-13(17)12(16)5-11(10)15(21)20(8)6-14-9(2)18-7-19-14/h3-5,7H,6,17H2,1-2H3,(H,18,19). The number of anilines is 1. The Labute approximate surface area is 126 Å². The van der Waals surface area contributed by atoms with Crippen molar-refractivity contribution >= 4 is 28.1 Å². The monoisotopic (exact) mass is 302 g/mol. The highest BCUT2D eigenvalue weighted by molar-refractivity contribution is 6.33. The molecule has 1 aromatic carbocycles. The van der Waals surface area contributed by atoms with E-state index in [4.69, 9.17) is 17.3 Å². The summed E-state index contributed by atoms with van der Waals surface area (Å²) in [5, 5.41) is 1.76. The summed E-state index contributed by atoms with van der Waals surface area (Å²) in [6.07, 6.45) is 1.63. The van der Waals surface area contributed by atoms with Crippen LogP contribution in [0.15, 0.2) is 29.3 Å². The highest BCUT2D eigenvalue weighted by atomic mass is 35.5. The van der Waals surface area contributed by atoms with E-state index in [1.807, 2.05) is 19.9 Å². The summed E-state index contributed by atoms with van der Waals surface area (Å²) in [6, 6.07) is 5.30. The number of aromatic amines is 1. The van der Waals surface area contributed by atoms with Crippen LogP contribution in [-0.2, 0) is 6.54 Å². The Morgan fingerprint density at radius 3 is 2.76 bits per heavy atom. The minimum atomic E-state index is -0.0886. The second-order valence-electron chi connectivity index (χ2n) is 5.11. The molecular weight excluding hydrogens is 288 g/mol. The third-order valence-corrected chi connectivity index (χ3v) is 4.00. The van der Waals surface area contributed by atoms with Crippen LogP contribution in [0.1, 0.15) is 17.1 Å². The molecule has 108 valence electrons. The summed E-state index contributed by atoms with van der Waals surface area (Å²) < 4.78 is 1.69. The second kappa shape index (κ2) is 4.93. The van der Waals surface area contributed by atoms with Gasteiger partial charge in [-0.3, -0.25) is 4.79 Å². The number of nitrogens with one attached hydrogen (secondary N) is 1. The molecule has 0 aliphatic rings. The van der Waals surface area contributed by atoms with Gasteiger partial charge in [0, 0.05) is 16.8 Å². The van der Waals surface area contributed by atoms with Gasteiger partial charge in [-0.25, -0.2) is 4.98 Å². The highest BCUT2D eigenvalue weighted by Crippen LogP contribution is 2.24. The molecule has 6 heteroatoms. The van der Waals surface area contributed by atoms with Crippen molar-refractivity contribution < 1.29 is 0 Å². The van der Waals surface area contributed by atoms with Gasteiger partial charge in [-0.05, 0) is 37.4 Å². The number of nitrogen functional groups attached to an aromatic ring is 1. The Bertz CT molecular complexity index is 895. The number of H-pyrrole nitrogens is 1.